The number of rotatable bonds is 7. The van der Waals surface area contributed by atoms with Gasteiger partial charge in [-0.05, 0) is 91.6 Å². The summed E-state index contributed by atoms with van der Waals surface area (Å²) in [5, 5.41) is 1.15. The molecule has 0 spiro atoms. The van der Waals surface area contributed by atoms with Crippen LogP contribution in [0.1, 0.15) is 54.1 Å². The van der Waals surface area contributed by atoms with E-state index in [0.29, 0.717) is 21.7 Å². The highest BCUT2D eigenvalue weighted by Crippen LogP contribution is 2.48. The fourth-order valence-corrected chi connectivity index (χ4v) is 9.66. The van der Waals surface area contributed by atoms with Crippen molar-refractivity contribution in [2.45, 2.75) is 41.5 Å². The van der Waals surface area contributed by atoms with Crippen LogP contribution in [0.3, 0.4) is 0 Å². The van der Waals surface area contributed by atoms with Gasteiger partial charge >= 0.3 is 0 Å². The summed E-state index contributed by atoms with van der Waals surface area (Å²) < 4.78 is 14.2. The van der Waals surface area contributed by atoms with Gasteiger partial charge in [0, 0.05) is 21.7 Å². The predicted molar refractivity (Wildman–Crippen MR) is 208 cm³/mol. The molecule has 0 saturated carbocycles. The summed E-state index contributed by atoms with van der Waals surface area (Å²) >= 11 is 0. The molecule has 6 aromatic carbocycles. The van der Waals surface area contributed by atoms with Gasteiger partial charge in [-0.3, -0.25) is 15.0 Å². The zero-order valence-corrected chi connectivity index (χ0v) is 30.3. The Morgan fingerprint density at radius 2 is 0.880 bits per heavy atom. The number of hydrazine groups is 1. The quantitative estimate of drug-likeness (QED) is 0.0763. The van der Waals surface area contributed by atoms with Gasteiger partial charge in [0.05, 0.1) is 0 Å². The molecule has 3 N–H and O–H groups in total. The minimum atomic E-state index is -3.44. The van der Waals surface area contributed by atoms with Crippen LogP contribution in [-0.4, -0.2) is 11.4 Å². The topological polar surface area (TPSA) is 89.3 Å². The molecule has 0 saturated heterocycles. The van der Waals surface area contributed by atoms with Gasteiger partial charge in [0.15, 0.2) is 0 Å². The number of benzene rings is 6. The van der Waals surface area contributed by atoms with Crippen molar-refractivity contribution in [3.05, 3.63) is 178 Å². The number of nitrogens with one attached hydrogen (secondary N) is 1. The van der Waals surface area contributed by atoms with Crippen LogP contribution in [0.2, 0.25) is 0 Å². The van der Waals surface area contributed by atoms with Crippen molar-refractivity contribution in [1.29, 1.82) is 0 Å². The van der Waals surface area contributed by atoms with Gasteiger partial charge in [-0.2, -0.15) is 0 Å². The van der Waals surface area contributed by atoms with Crippen molar-refractivity contribution in [2.24, 2.45) is 5.84 Å². The van der Waals surface area contributed by atoms with Crippen LogP contribution in [0, 0.1) is 41.5 Å². The molecule has 252 valence electrons. The lowest BCUT2D eigenvalue weighted by atomic mass is 9.82. The zero-order chi connectivity index (χ0) is 36.0. The van der Waals surface area contributed by atoms with Gasteiger partial charge in [-0.1, -0.05) is 139 Å². The van der Waals surface area contributed by atoms with Gasteiger partial charge < -0.3 is 4.57 Å². The number of amides is 1. The molecule has 50 heavy (non-hydrogen) atoms. The van der Waals surface area contributed by atoms with Crippen LogP contribution in [0.4, 0.5) is 0 Å². The van der Waals surface area contributed by atoms with Crippen LogP contribution >= 0.6 is 7.14 Å². The van der Waals surface area contributed by atoms with Crippen molar-refractivity contribution in [3.8, 4) is 22.3 Å². The fraction of sp³-hybridized carbons (Fsp3) is 0.136. The molecule has 6 heteroatoms. The summed E-state index contributed by atoms with van der Waals surface area (Å²) in [6, 6.07) is 42.4. The fourth-order valence-electron chi connectivity index (χ4n) is 7.04. The van der Waals surface area contributed by atoms with Crippen LogP contribution in [0.5, 0.6) is 0 Å². The van der Waals surface area contributed by atoms with Crippen molar-refractivity contribution < 1.29 is 14.2 Å². The molecule has 0 radical (unpaired) electrons. The third-order valence-electron chi connectivity index (χ3n) is 9.15. The minimum Gasteiger partial charge on any atom is -0.305 e. The molecule has 0 unspecified atom stereocenters. The average Bonchev–Trinajstić information content (AvgIpc) is 3.12. The first kappa shape index (κ1) is 35.9. The lowest BCUT2D eigenvalue weighted by Gasteiger charge is -2.22. The molecular formula is C44H43N2O3P. The van der Waals surface area contributed by atoms with E-state index in [9.17, 15) is 14.2 Å². The van der Waals surface area contributed by atoms with E-state index in [0.717, 1.165) is 50.1 Å². The number of nitrogens with two attached hydrogens (primary N) is 1. The SMILES string of the molecule is Cc1c(C(=O)NN)c(C)c(-c2ccccc2)c(C)c1-c1ccccc1.Cc1cc(C)c(C(=O)P(=O)(c2ccccc2)c2ccccc2)c(C)c1. The van der Waals surface area contributed by atoms with E-state index in [1.54, 1.807) is 24.3 Å². The molecule has 5 nitrogen and oxygen atoms in total. The van der Waals surface area contributed by atoms with E-state index in [2.05, 4.69) is 36.6 Å². The van der Waals surface area contributed by atoms with E-state index in [4.69, 9.17) is 5.84 Å². The second kappa shape index (κ2) is 15.5. The van der Waals surface area contributed by atoms with Crippen LogP contribution in [0.15, 0.2) is 133 Å². The van der Waals surface area contributed by atoms with E-state index in [-0.39, 0.29) is 11.4 Å². The second-order valence-electron chi connectivity index (χ2n) is 12.6. The Balaban J connectivity index is 0.000000194. The average molecular weight is 679 g/mol. The first-order valence-corrected chi connectivity index (χ1v) is 18.3. The van der Waals surface area contributed by atoms with Gasteiger partial charge in [-0.15, -0.1) is 0 Å². The van der Waals surface area contributed by atoms with E-state index >= 15 is 0 Å². The molecule has 0 aliphatic rings. The lowest BCUT2D eigenvalue weighted by molar-refractivity contribution is 0.0952. The van der Waals surface area contributed by atoms with Gasteiger partial charge in [0.1, 0.15) is 0 Å². The third-order valence-corrected chi connectivity index (χ3v) is 12.0. The third kappa shape index (κ3) is 7.02. The van der Waals surface area contributed by atoms with Crippen molar-refractivity contribution in [3.63, 3.8) is 0 Å². The Hall–Kier alpha value is -5.35. The Morgan fingerprint density at radius 3 is 1.24 bits per heavy atom. The monoisotopic (exact) mass is 678 g/mol. The molecule has 1 amide bonds. The molecule has 0 fully saturated rings. The molecule has 0 aromatic heterocycles. The Morgan fingerprint density at radius 1 is 0.520 bits per heavy atom. The lowest BCUT2D eigenvalue weighted by Crippen LogP contribution is -2.31. The van der Waals surface area contributed by atoms with Gasteiger partial charge in [-0.25, -0.2) is 5.84 Å². The van der Waals surface area contributed by atoms with Crippen molar-refractivity contribution in [2.75, 3.05) is 0 Å². The molecule has 0 heterocycles. The summed E-state index contributed by atoms with van der Waals surface area (Å²) in [6.07, 6.45) is 0. The summed E-state index contributed by atoms with van der Waals surface area (Å²) in [5.74, 6) is 5.20. The second-order valence-corrected chi connectivity index (χ2v) is 15.2. The van der Waals surface area contributed by atoms with Crippen molar-refractivity contribution >= 4 is 29.2 Å². The first-order valence-electron chi connectivity index (χ1n) is 16.6. The summed E-state index contributed by atoms with van der Waals surface area (Å²) in [6.45, 7) is 11.9. The summed E-state index contributed by atoms with van der Waals surface area (Å²) in [4.78, 5) is 26.1. The van der Waals surface area contributed by atoms with E-state index < -0.39 is 7.14 Å². The highest BCUT2D eigenvalue weighted by Gasteiger charge is 2.37. The van der Waals surface area contributed by atoms with E-state index in [1.807, 2.05) is 120 Å². The number of aryl methyl sites for hydroxylation is 3. The number of nitrogen functional groups attached to an aromatic ring is 1. The molecule has 6 rings (SSSR count). The van der Waals surface area contributed by atoms with Crippen LogP contribution in [-0.2, 0) is 4.57 Å². The maximum Gasteiger partial charge on any atom is 0.265 e. The van der Waals surface area contributed by atoms with Gasteiger partial charge in [0.2, 0.25) is 12.7 Å². The highest BCUT2D eigenvalue weighted by atomic mass is 31.2. The van der Waals surface area contributed by atoms with Crippen LogP contribution in [0.25, 0.3) is 22.3 Å². The number of hydrogen-bond donors (Lipinski definition) is 2. The Labute approximate surface area is 295 Å². The molecule has 0 bridgehead atoms. The normalized spacial score (nSPS) is 10.9. The Kier molecular flexibility index (Phi) is 11.1. The molecule has 0 atom stereocenters. The van der Waals surface area contributed by atoms with Gasteiger partial charge in [0.25, 0.3) is 5.91 Å². The summed E-state index contributed by atoms with van der Waals surface area (Å²) in [7, 11) is -3.44. The smallest absolute Gasteiger partial charge is 0.265 e. The molecule has 0 aliphatic heterocycles. The first-order chi connectivity index (χ1) is 24.0. The van der Waals surface area contributed by atoms with Crippen LogP contribution < -0.4 is 21.9 Å². The van der Waals surface area contributed by atoms with E-state index in [1.165, 1.54) is 5.56 Å². The molecular weight excluding hydrogens is 635 g/mol. The number of carbonyl (C=O) groups excluding carboxylic acids is 2. The minimum absolute atomic E-state index is 0.260. The summed E-state index contributed by atoms with van der Waals surface area (Å²) in [5.41, 5.74) is 13.5. The number of carbonyl (C=O) groups is 2. The zero-order valence-electron chi connectivity index (χ0n) is 29.5. The highest BCUT2D eigenvalue weighted by molar-refractivity contribution is 7.93. The maximum atomic E-state index is 14.2. The Bertz CT molecular complexity index is 2060. The van der Waals surface area contributed by atoms with Crippen molar-refractivity contribution in [1.82, 2.24) is 5.43 Å². The molecule has 0 aliphatic carbocycles. The largest absolute Gasteiger partial charge is 0.305 e. The predicted octanol–water partition coefficient (Wildman–Crippen LogP) is 9.32. The standard InChI is InChI=1S/C22H22N2O.C22H21O2P/c1-14-19(17-10-6-4-7-11-17)15(2)21(22(25)24-23)16(3)20(14)18-12-8-5-9-13-18;1-16-14-17(2)21(18(3)15-16)22(23)25(24,19-10-6-4-7-11-19)20-12-8-5-9-13-20/h4-13H,23H2,1-3H3,(H,24,25);4-15H,1-3H3. The number of hydrogen-bond acceptors (Lipinski definition) is 4. The maximum absolute atomic E-state index is 14.2. The molecule has 6 aromatic rings.